The predicted molar refractivity (Wildman–Crippen MR) is 80.6 cm³/mol. The van der Waals surface area contributed by atoms with Crippen LogP contribution >= 0.6 is 0 Å². The van der Waals surface area contributed by atoms with Crippen LogP contribution < -0.4 is 10.6 Å². The molecule has 1 aromatic carbocycles. The lowest BCUT2D eigenvalue weighted by Crippen LogP contribution is -2.36. The van der Waals surface area contributed by atoms with E-state index in [1.54, 1.807) is 6.92 Å². The zero-order valence-corrected chi connectivity index (χ0v) is 12.3. The van der Waals surface area contributed by atoms with E-state index in [4.69, 9.17) is 0 Å². The molecule has 0 atom stereocenters. The molecule has 0 aliphatic carbocycles. The number of aromatic nitrogens is 2. The SMILES string of the molecule is CCC(=O)NCC(=O)NCc1nc2ccccc2n1CC. The van der Waals surface area contributed by atoms with Crippen LogP contribution in [0.1, 0.15) is 26.1 Å². The van der Waals surface area contributed by atoms with E-state index in [-0.39, 0.29) is 18.4 Å². The van der Waals surface area contributed by atoms with Gasteiger partial charge < -0.3 is 15.2 Å². The average molecular weight is 288 g/mol. The molecule has 6 nitrogen and oxygen atoms in total. The third kappa shape index (κ3) is 3.59. The van der Waals surface area contributed by atoms with Crippen molar-refractivity contribution in [1.82, 2.24) is 20.2 Å². The number of nitrogens with one attached hydrogen (secondary N) is 2. The molecule has 1 heterocycles. The van der Waals surface area contributed by atoms with Crippen LogP contribution in [-0.2, 0) is 22.7 Å². The molecule has 0 aliphatic heterocycles. The van der Waals surface area contributed by atoms with Crippen LogP contribution in [0.25, 0.3) is 11.0 Å². The van der Waals surface area contributed by atoms with E-state index in [0.717, 1.165) is 23.4 Å². The molecule has 21 heavy (non-hydrogen) atoms. The Morgan fingerprint density at radius 1 is 1.14 bits per heavy atom. The lowest BCUT2D eigenvalue weighted by molar-refractivity contribution is -0.126. The molecule has 0 unspecified atom stereocenters. The minimum atomic E-state index is -0.216. The third-order valence-electron chi connectivity index (χ3n) is 3.26. The topological polar surface area (TPSA) is 76.0 Å². The summed E-state index contributed by atoms with van der Waals surface area (Å²) in [5.74, 6) is 0.464. The van der Waals surface area contributed by atoms with Crippen LogP contribution in [0.3, 0.4) is 0 Å². The Balaban J connectivity index is 2.00. The first-order chi connectivity index (χ1) is 10.2. The quantitative estimate of drug-likeness (QED) is 0.838. The predicted octanol–water partition coefficient (Wildman–Crippen LogP) is 1.20. The number of benzene rings is 1. The zero-order chi connectivity index (χ0) is 15.2. The summed E-state index contributed by atoms with van der Waals surface area (Å²) in [5, 5.41) is 5.32. The van der Waals surface area contributed by atoms with Gasteiger partial charge in [-0.15, -0.1) is 0 Å². The lowest BCUT2D eigenvalue weighted by Gasteiger charge is -2.08. The van der Waals surface area contributed by atoms with Crippen LogP contribution in [0.5, 0.6) is 0 Å². The van der Waals surface area contributed by atoms with Crippen molar-refractivity contribution in [3.8, 4) is 0 Å². The van der Waals surface area contributed by atoms with Crippen molar-refractivity contribution in [1.29, 1.82) is 0 Å². The molecule has 2 aromatic rings. The Hall–Kier alpha value is -2.37. The monoisotopic (exact) mass is 288 g/mol. The van der Waals surface area contributed by atoms with E-state index < -0.39 is 0 Å². The molecule has 0 spiro atoms. The van der Waals surface area contributed by atoms with Gasteiger partial charge in [-0.05, 0) is 19.1 Å². The highest BCUT2D eigenvalue weighted by Crippen LogP contribution is 2.15. The molecular weight excluding hydrogens is 268 g/mol. The number of hydrogen-bond donors (Lipinski definition) is 2. The summed E-state index contributed by atoms with van der Waals surface area (Å²) in [5.41, 5.74) is 1.98. The third-order valence-corrected chi connectivity index (χ3v) is 3.26. The number of nitrogens with zero attached hydrogens (tertiary/aromatic N) is 2. The number of imidazole rings is 1. The summed E-state index contributed by atoms with van der Waals surface area (Å²) in [6, 6.07) is 7.88. The van der Waals surface area contributed by atoms with E-state index in [1.807, 2.05) is 31.2 Å². The molecule has 0 aliphatic rings. The molecule has 0 saturated heterocycles. The first-order valence-electron chi connectivity index (χ1n) is 7.13. The highest BCUT2D eigenvalue weighted by Gasteiger charge is 2.10. The van der Waals surface area contributed by atoms with Gasteiger partial charge in [0.15, 0.2) is 0 Å². The normalized spacial score (nSPS) is 10.6. The van der Waals surface area contributed by atoms with Crippen molar-refractivity contribution in [2.75, 3.05) is 6.54 Å². The maximum absolute atomic E-state index is 11.7. The van der Waals surface area contributed by atoms with Gasteiger partial charge in [0, 0.05) is 13.0 Å². The summed E-state index contributed by atoms with van der Waals surface area (Å²) < 4.78 is 2.07. The van der Waals surface area contributed by atoms with Gasteiger partial charge in [-0.2, -0.15) is 0 Å². The van der Waals surface area contributed by atoms with E-state index in [2.05, 4.69) is 20.2 Å². The number of hydrogen-bond acceptors (Lipinski definition) is 3. The molecule has 0 radical (unpaired) electrons. The standard InChI is InChI=1S/C15H20N4O2/c1-3-14(20)17-10-15(21)16-9-13-18-11-7-5-6-8-12(11)19(13)4-2/h5-8H,3-4,9-10H2,1-2H3,(H,16,21)(H,17,20). The molecule has 2 N–H and O–H groups in total. The molecule has 0 bridgehead atoms. The van der Waals surface area contributed by atoms with Gasteiger partial charge in [-0.1, -0.05) is 19.1 Å². The van der Waals surface area contributed by atoms with Crippen molar-refractivity contribution < 1.29 is 9.59 Å². The number of carbonyl (C=O) groups excluding carboxylic acids is 2. The van der Waals surface area contributed by atoms with Gasteiger partial charge in [0.1, 0.15) is 5.82 Å². The fraction of sp³-hybridized carbons (Fsp3) is 0.400. The van der Waals surface area contributed by atoms with Gasteiger partial charge in [0.2, 0.25) is 11.8 Å². The van der Waals surface area contributed by atoms with Crippen LogP contribution in [-0.4, -0.2) is 27.9 Å². The number of carbonyl (C=O) groups is 2. The Labute approximate surface area is 123 Å². The van der Waals surface area contributed by atoms with Crippen LogP contribution in [0.15, 0.2) is 24.3 Å². The van der Waals surface area contributed by atoms with Gasteiger partial charge in [-0.3, -0.25) is 9.59 Å². The number of aryl methyl sites for hydroxylation is 1. The largest absolute Gasteiger partial charge is 0.347 e. The molecular formula is C15H20N4O2. The minimum Gasteiger partial charge on any atom is -0.347 e. The Morgan fingerprint density at radius 2 is 1.90 bits per heavy atom. The summed E-state index contributed by atoms with van der Waals surface area (Å²) >= 11 is 0. The second-order valence-electron chi connectivity index (χ2n) is 4.67. The number of fused-ring (bicyclic) bond motifs is 1. The van der Waals surface area contributed by atoms with Crippen LogP contribution in [0.4, 0.5) is 0 Å². The van der Waals surface area contributed by atoms with E-state index in [0.29, 0.717) is 13.0 Å². The fourth-order valence-electron chi connectivity index (χ4n) is 2.16. The summed E-state index contributed by atoms with van der Waals surface area (Å²) in [6.45, 7) is 4.93. The fourth-order valence-corrected chi connectivity index (χ4v) is 2.16. The van der Waals surface area contributed by atoms with Crippen LogP contribution in [0.2, 0.25) is 0 Å². The molecule has 1 aromatic heterocycles. The Morgan fingerprint density at radius 3 is 2.62 bits per heavy atom. The van der Waals surface area contributed by atoms with E-state index in [9.17, 15) is 9.59 Å². The minimum absolute atomic E-state index is 0.000966. The van der Waals surface area contributed by atoms with Gasteiger partial charge in [0.25, 0.3) is 0 Å². The van der Waals surface area contributed by atoms with E-state index in [1.165, 1.54) is 0 Å². The molecule has 112 valence electrons. The Bertz CT molecular complexity index is 648. The van der Waals surface area contributed by atoms with Crippen molar-refractivity contribution in [3.05, 3.63) is 30.1 Å². The number of amides is 2. The number of para-hydroxylation sites is 2. The molecule has 6 heteroatoms. The van der Waals surface area contributed by atoms with Crippen molar-refractivity contribution in [3.63, 3.8) is 0 Å². The van der Waals surface area contributed by atoms with Crippen molar-refractivity contribution in [2.45, 2.75) is 33.4 Å². The first kappa shape index (κ1) is 15.0. The Kier molecular flexibility index (Phi) is 4.92. The van der Waals surface area contributed by atoms with Gasteiger partial charge >= 0.3 is 0 Å². The number of rotatable bonds is 6. The molecule has 2 amide bonds. The summed E-state index contributed by atoms with van der Waals surface area (Å²) in [6.07, 6.45) is 0.374. The molecule has 2 rings (SSSR count). The summed E-state index contributed by atoms with van der Waals surface area (Å²) in [7, 11) is 0. The average Bonchev–Trinajstić information content (AvgIpc) is 2.87. The maximum atomic E-state index is 11.7. The smallest absolute Gasteiger partial charge is 0.239 e. The van der Waals surface area contributed by atoms with Crippen LogP contribution in [0, 0.1) is 0 Å². The van der Waals surface area contributed by atoms with Crippen molar-refractivity contribution >= 4 is 22.8 Å². The second kappa shape index (κ2) is 6.88. The van der Waals surface area contributed by atoms with Gasteiger partial charge in [0.05, 0.1) is 24.1 Å². The maximum Gasteiger partial charge on any atom is 0.239 e. The second-order valence-corrected chi connectivity index (χ2v) is 4.67. The molecule has 0 fully saturated rings. The van der Waals surface area contributed by atoms with E-state index >= 15 is 0 Å². The van der Waals surface area contributed by atoms with Gasteiger partial charge in [-0.25, -0.2) is 4.98 Å². The summed E-state index contributed by atoms with van der Waals surface area (Å²) in [4.78, 5) is 27.3. The highest BCUT2D eigenvalue weighted by molar-refractivity contribution is 5.84. The lowest BCUT2D eigenvalue weighted by atomic mass is 10.3. The zero-order valence-electron chi connectivity index (χ0n) is 12.3. The first-order valence-corrected chi connectivity index (χ1v) is 7.13. The molecule has 0 saturated carbocycles. The highest BCUT2D eigenvalue weighted by atomic mass is 16.2. The van der Waals surface area contributed by atoms with Crippen molar-refractivity contribution in [2.24, 2.45) is 0 Å².